The summed E-state index contributed by atoms with van der Waals surface area (Å²) >= 11 is 1.98. The third-order valence-corrected chi connectivity index (χ3v) is 4.03. The van der Waals surface area contributed by atoms with Crippen LogP contribution in [0, 0.1) is 5.92 Å². The van der Waals surface area contributed by atoms with Gasteiger partial charge in [0, 0.05) is 17.8 Å². The van der Waals surface area contributed by atoms with E-state index in [4.69, 9.17) is 5.73 Å². The molecule has 1 saturated heterocycles. The molecule has 0 atom stereocenters. The van der Waals surface area contributed by atoms with Crippen molar-refractivity contribution in [1.82, 2.24) is 0 Å². The van der Waals surface area contributed by atoms with E-state index in [-0.39, 0.29) is 5.91 Å². The lowest BCUT2D eigenvalue weighted by Crippen LogP contribution is -2.19. The third kappa shape index (κ3) is 3.97. The quantitative estimate of drug-likeness (QED) is 0.811. The molecule has 0 aromatic heterocycles. The zero-order chi connectivity index (χ0) is 12.1. The Morgan fingerprint density at radius 1 is 1.41 bits per heavy atom. The van der Waals surface area contributed by atoms with Gasteiger partial charge >= 0.3 is 0 Å². The van der Waals surface area contributed by atoms with Gasteiger partial charge in [0.25, 0.3) is 0 Å². The van der Waals surface area contributed by atoms with Crippen LogP contribution in [0.3, 0.4) is 0 Å². The van der Waals surface area contributed by atoms with E-state index in [9.17, 15) is 4.79 Å². The molecule has 1 amide bonds. The summed E-state index contributed by atoms with van der Waals surface area (Å²) in [4.78, 5) is 11.8. The Hall–Kier alpha value is -1.16. The Labute approximate surface area is 106 Å². The molecule has 1 fully saturated rings. The lowest BCUT2D eigenvalue weighted by Gasteiger charge is -2.20. The number of rotatable bonds is 3. The number of hydrogen-bond donors (Lipinski definition) is 2. The SMILES string of the molecule is Nc1cccc(NC(=O)CC2CCSCC2)c1. The van der Waals surface area contributed by atoms with E-state index in [1.54, 1.807) is 6.07 Å². The summed E-state index contributed by atoms with van der Waals surface area (Å²) in [7, 11) is 0. The Balaban J connectivity index is 1.84. The fraction of sp³-hybridized carbons (Fsp3) is 0.462. The normalized spacial score (nSPS) is 16.7. The van der Waals surface area contributed by atoms with Gasteiger partial charge in [0.1, 0.15) is 0 Å². The number of thioether (sulfide) groups is 1. The van der Waals surface area contributed by atoms with Crippen LogP contribution in [0.5, 0.6) is 0 Å². The molecule has 4 heteroatoms. The number of hydrogen-bond acceptors (Lipinski definition) is 3. The zero-order valence-corrected chi connectivity index (χ0v) is 10.6. The van der Waals surface area contributed by atoms with Gasteiger partial charge in [0.2, 0.25) is 5.91 Å². The summed E-state index contributed by atoms with van der Waals surface area (Å²) in [5.74, 6) is 3.04. The lowest BCUT2D eigenvalue weighted by atomic mass is 9.98. The molecule has 0 bridgehead atoms. The van der Waals surface area contributed by atoms with Gasteiger partial charge in [-0.1, -0.05) is 6.07 Å². The Bertz CT molecular complexity index is 389. The minimum atomic E-state index is 0.104. The molecule has 1 aromatic carbocycles. The van der Waals surface area contributed by atoms with Crippen molar-refractivity contribution in [3.05, 3.63) is 24.3 Å². The van der Waals surface area contributed by atoms with Gasteiger partial charge in [0.15, 0.2) is 0 Å². The largest absolute Gasteiger partial charge is 0.399 e. The first-order valence-corrected chi connectivity index (χ1v) is 7.12. The number of nitrogens with one attached hydrogen (secondary N) is 1. The van der Waals surface area contributed by atoms with E-state index in [0.717, 1.165) is 18.5 Å². The van der Waals surface area contributed by atoms with Crippen LogP contribution in [-0.2, 0) is 4.79 Å². The van der Waals surface area contributed by atoms with Crippen LogP contribution < -0.4 is 11.1 Å². The molecule has 1 heterocycles. The van der Waals surface area contributed by atoms with E-state index in [1.165, 1.54) is 11.5 Å². The van der Waals surface area contributed by atoms with Crippen molar-refractivity contribution in [2.24, 2.45) is 5.92 Å². The van der Waals surface area contributed by atoms with Crippen molar-refractivity contribution in [3.63, 3.8) is 0 Å². The number of nitrogen functional groups attached to an aromatic ring is 1. The summed E-state index contributed by atoms with van der Waals surface area (Å²) in [5.41, 5.74) is 7.13. The van der Waals surface area contributed by atoms with Crippen LogP contribution in [0.2, 0.25) is 0 Å². The molecule has 0 unspecified atom stereocenters. The molecule has 3 N–H and O–H groups in total. The van der Waals surface area contributed by atoms with Crippen LogP contribution in [0.4, 0.5) is 11.4 Å². The molecule has 1 aliphatic heterocycles. The van der Waals surface area contributed by atoms with Crippen molar-refractivity contribution in [2.75, 3.05) is 22.6 Å². The van der Waals surface area contributed by atoms with Gasteiger partial charge in [0.05, 0.1) is 0 Å². The van der Waals surface area contributed by atoms with E-state index < -0.39 is 0 Å². The number of carbonyl (C=O) groups is 1. The number of carbonyl (C=O) groups excluding carboxylic acids is 1. The minimum Gasteiger partial charge on any atom is -0.399 e. The molecule has 2 rings (SSSR count). The Morgan fingerprint density at radius 3 is 2.88 bits per heavy atom. The summed E-state index contributed by atoms with van der Waals surface area (Å²) in [6.45, 7) is 0. The first-order valence-electron chi connectivity index (χ1n) is 5.97. The number of benzene rings is 1. The molecule has 3 nitrogen and oxygen atoms in total. The second kappa shape index (κ2) is 5.96. The predicted octanol–water partition coefficient (Wildman–Crippen LogP) is 2.74. The van der Waals surface area contributed by atoms with Gasteiger partial charge in [-0.25, -0.2) is 0 Å². The van der Waals surface area contributed by atoms with Crippen molar-refractivity contribution in [3.8, 4) is 0 Å². The van der Waals surface area contributed by atoms with Crippen molar-refractivity contribution in [2.45, 2.75) is 19.3 Å². The summed E-state index contributed by atoms with van der Waals surface area (Å²) in [5, 5.41) is 2.90. The standard InChI is InChI=1S/C13H18N2OS/c14-11-2-1-3-12(9-11)15-13(16)8-10-4-6-17-7-5-10/h1-3,9-10H,4-8,14H2,(H,15,16). The van der Waals surface area contributed by atoms with E-state index >= 15 is 0 Å². The lowest BCUT2D eigenvalue weighted by molar-refractivity contribution is -0.117. The van der Waals surface area contributed by atoms with Gasteiger partial charge in [-0.15, -0.1) is 0 Å². The fourth-order valence-corrected chi connectivity index (χ4v) is 3.25. The maximum absolute atomic E-state index is 11.8. The van der Waals surface area contributed by atoms with E-state index in [2.05, 4.69) is 5.32 Å². The molecule has 17 heavy (non-hydrogen) atoms. The molecule has 0 saturated carbocycles. The molecular formula is C13H18N2OS. The average Bonchev–Trinajstić information content (AvgIpc) is 2.30. The molecule has 0 spiro atoms. The van der Waals surface area contributed by atoms with Gasteiger partial charge < -0.3 is 11.1 Å². The topological polar surface area (TPSA) is 55.1 Å². The molecule has 0 radical (unpaired) electrons. The highest BCUT2D eigenvalue weighted by Crippen LogP contribution is 2.25. The zero-order valence-electron chi connectivity index (χ0n) is 9.82. The summed E-state index contributed by atoms with van der Waals surface area (Å²) in [6.07, 6.45) is 2.96. The summed E-state index contributed by atoms with van der Waals surface area (Å²) in [6, 6.07) is 7.32. The third-order valence-electron chi connectivity index (χ3n) is 2.99. The minimum absolute atomic E-state index is 0.104. The number of amides is 1. The average molecular weight is 250 g/mol. The van der Waals surface area contributed by atoms with Gasteiger partial charge in [-0.05, 0) is 48.5 Å². The van der Waals surface area contributed by atoms with Gasteiger partial charge in [-0.2, -0.15) is 11.8 Å². The molecular weight excluding hydrogens is 232 g/mol. The maximum atomic E-state index is 11.8. The maximum Gasteiger partial charge on any atom is 0.224 e. The van der Waals surface area contributed by atoms with Crippen LogP contribution in [0.1, 0.15) is 19.3 Å². The van der Waals surface area contributed by atoms with E-state index in [1.807, 2.05) is 30.0 Å². The Morgan fingerprint density at radius 2 is 2.18 bits per heavy atom. The molecule has 92 valence electrons. The highest BCUT2D eigenvalue weighted by Gasteiger charge is 2.17. The van der Waals surface area contributed by atoms with E-state index in [0.29, 0.717) is 18.0 Å². The van der Waals surface area contributed by atoms with Crippen LogP contribution in [-0.4, -0.2) is 17.4 Å². The second-order valence-electron chi connectivity index (χ2n) is 4.43. The van der Waals surface area contributed by atoms with Crippen LogP contribution in [0.25, 0.3) is 0 Å². The van der Waals surface area contributed by atoms with Crippen molar-refractivity contribution in [1.29, 1.82) is 0 Å². The van der Waals surface area contributed by atoms with Crippen LogP contribution in [0.15, 0.2) is 24.3 Å². The number of anilines is 2. The van der Waals surface area contributed by atoms with Crippen LogP contribution >= 0.6 is 11.8 Å². The van der Waals surface area contributed by atoms with Crippen molar-refractivity contribution >= 4 is 29.0 Å². The Kier molecular flexibility index (Phi) is 4.31. The molecule has 0 aliphatic carbocycles. The highest BCUT2D eigenvalue weighted by molar-refractivity contribution is 7.99. The number of nitrogens with two attached hydrogens (primary N) is 1. The molecule has 1 aliphatic rings. The second-order valence-corrected chi connectivity index (χ2v) is 5.66. The van der Waals surface area contributed by atoms with Crippen molar-refractivity contribution < 1.29 is 4.79 Å². The highest BCUT2D eigenvalue weighted by atomic mass is 32.2. The first kappa shape index (κ1) is 12.3. The van der Waals surface area contributed by atoms with Gasteiger partial charge in [-0.3, -0.25) is 4.79 Å². The predicted molar refractivity (Wildman–Crippen MR) is 74.2 cm³/mol. The smallest absolute Gasteiger partial charge is 0.224 e. The monoisotopic (exact) mass is 250 g/mol. The summed E-state index contributed by atoms with van der Waals surface area (Å²) < 4.78 is 0. The fourth-order valence-electron chi connectivity index (χ4n) is 2.04. The first-order chi connectivity index (χ1) is 8.24. The molecule has 1 aromatic rings.